The quantitative estimate of drug-likeness (QED) is 0.657. The molecule has 1 saturated carbocycles. The molecule has 1 saturated heterocycles. The molecule has 1 heterocycles. The number of hydrogen-bond donors (Lipinski definition) is 1. The van der Waals surface area contributed by atoms with Crippen molar-refractivity contribution >= 4 is 11.8 Å². The summed E-state index contributed by atoms with van der Waals surface area (Å²) in [4.78, 5) is 27.5. The number of nitrogens with two attached hydrogens (primary N) is 1. The second kappa shape index (κ2) is 3.20. The molecule has 90 valence electrons. The Kier molecular flexibility index (Phi) is 2.28. The standard InChI is InChI=1S/C11H19N3O2/c1-10(2)8(15)13(3)6-7-14(10)9(16)11(12)4-5-11/h4-7,12H2,1-3H3. The van der Waals surface area contributed by atoms with E-state index in [1.807, 2.05) is 0 Å². The Morgan fingerprint density at radius 2 is 1.88 bits per heavy atom. The Hall–Kier alpha value is -1.10. The molecule has 2 N–H and O–H groups in total. The Balaban J connectivity index is 2.22. The van der Waals surface area contributed by atoms with Crippen LogP contribution in [-0.4, -0.2) is 52.8 Å². The van der Waals surface area contributed by atoms with Crippen LogP contribution in [0, 0.1) is 0 Å². The van der Waals surface area contributed by atoms with Gasteiger partial charge in [0, 0.05) is 20.1 Å². The fourth-order valence-corrected chi connectivity index (χ4v) is 2.19. The molecule has 2 fully saturated rings. The predicted octanol–water partition coefficient (Wildman–Crippen LogP) is -0.443. The zero-order valence-electron chi connectivity index (χ0n) is 10.1. The molecule has 0 aromatic rings. The van der Waals surface area contributed by atoms with Gasteiger partial charge in [-0.05, 0) is 26.7 Å². The number of hydrogen-bond acceptors (Lipinski definition) is 3. The third kappa shape index (κ3) is 1.50. The summed E-state index contributed by atoms with van der Waals surface area (Å²) >= 11 is 0. The molecule has 2 amide bonds. The summed E-state index contributed by atoms with van der Waals surface area (Å²) in [6, 6.07) is 0. The van der Waals surface area contributed by atoms with Gasteiger partial charge in [-0.25, -0.2) is 0 Å². The van der Waals surface area contributed by atoms with Crippen molar-refractivity contribution < 1.29 is 9.59 Å². The van der Waals surface area contributed by atoms with Gasteiger partial charge in [0.25, 0.3) is 0 Å². The van der Waals surface area contributed by atoms with Gasteiger partial charge >= 0.3 is 0 Å². The van der Waals surface area contributed by atoms with Crippen LogP contribution in [0.1, 0.15) is 26.7 Å². The molecule has 0 atom stereocenters. The number of likely N-dealkylation sites (N-methyl/N-ethyl adjacent to an activating group) is 1. The lowest BCUT2D eigenvalue weighted by Crippen LogP contribution is -2.66. The van der Waals surface area contributed by atoms with E-state index >= 15 is 0 Å². The molecule has 2 rings (SSSR count). The zero-order chi connectivity index (χ0) is 12.1. The molecule has 0 aromatic heterocycles. The summed E-state index contributed by atoms with van der Waals surface area (Å²) in [6.07, 6.45) is 1.48. The number of carbonyl (C=O) groups is 2. The van der Waals surface area contributed by atoms with Crippen molar-refractivity contribution in [3.8, 4) is 0 Å². The van der Waals surface area contributed by atoms with E-state index in [4.69, 9.17) is 5.73 Å². The predicted molar refractivity (Wildman–Crippen MR) is 59.6 cm³/mol. The largest absolute Gasteiger partial charge is 0.342 e. The number of carbonyl (C=O) groups excluding carboxylic acids is 2. The maximum Gasteiger partial charge on any atom is 0.247 e. The van der Waals surface area contributed by atoms with Gasteiger partial charge in [-0.1, -0.05) is 0 Å². The minimum absolute atomic E-state index is 0.0173. The first-order valence-corrected chi connectivity index (χ1v) is 5.65. The molecule has 5 nitrogen and oxygen atoms in total. The van der Waals surface area contributed by atoms with E-state index in [-0.39, 0.29) is 11.8 Å². The summed E-state index contributed by atoms with van der Waals surface area (Å²) in [6.45, 7) is 4.74. The van der Waals surface area contributed by atoms with Crippen LogP contribution in [-0.2, 0) is 9.59 Å². The van der Waals surface area contributed by atoms with Crippen LogP contribution in [0.5, 0.6) is 0 Å². The van der Waals surface area contributed by atoms with E-state index in [1.54, 1.807) is 30.7 Å². The maximum absolute atomic E-state index is 12.2. The van der Waals surface area contributed by atoms with E-state index in [9.17, 15) is 9.59 Å². The van der Waals surface area contributed by atoms with Crippen LogP contribution >= 0.6 is 0 Å². The lowest BCUT2D eigenvalue weighted by Gasteiger charge is -2.45. The number of piperazine rings is 1. The lowest BCUT2D eigenvalue weighted by atomic mass is 9.96. The fraction of sp³-hybridized carbons (Fsp3) is 0.818. The highest BCUT2D eigenvalue weighted by atomic mass is 16.2. The molecule has 0 bridgehead atoms. The Morgan fingerprint density at radius 3 is 2.38 bits per heavy atom. The van der Waals surface area contributed by atoms with E-state index in [0.717, 1.165) is 12.8 Å². The molecular weight excluding hydrogens is 206 g/mol. The normalized spacial score (nSPS) is 26.9. The van der Waals surface area contributed by atoms with Crippen LogP contribution in [0.15, 0.2) is 0 Å². The van der Waals surface area contributed by atoms with Gasteiger partial charge in [0.1, 0.15) is 5.54 Å². The molecule has 0 spiro atoms. The highest BCUT2D eigenvalue weighted by molar-refractivity contribution is 5.96. The number of rotatable bonds is 1. The molecular formula is C11H19N3O2. The molecule has 0 unspecified atom stereocenters. The van der Waals surface area contributed by atoms with Gasteiger partial charge in [-0.3, -0.25) is 9.59 Å². The molecule has 0 radical (unpaired) electrons. The smallest absolute Gasteiger partial charge is 0.247 e. The first-order chi connectivity index (χ1) is 7.29. The first-order valence-electron chi connectivity index (χ1n) is 5.65. The highest BCUT2D eigenvalue weighted by Gasteiger charge is 2.53. The van der Waals surface area contributed by atoms with E-state index in [0.29, 0.717) is 13.1 Å². The van der Waals surface area contributed by atoms with Crippen molar-refractivity contribution in [2.24, 2.45) is 5.73 Å². The molecule has 0 aromatic carbocycles. The van der Waals surface area contributed by atoms with E-state index in [1.165, 1.54) is 0 Å². The van der Waals surface area contributed by atoms with Gasteiger partial charge < -0.3 is 15.5 Å². The zero-order valence-corrected chi connectivity index (χ0v) is 10.1. The van der Waals surface area contributed by atoms with Crippen LogP contribution in [0.2, 0.25) is 0 Å². The minimum Gasteiger partial charge on any atom is -0.342 e. The van der Waals surface area contributed by atoms with Crippen molar-refractivity contribution in [2.75, 3.05) is 20.1 Å². The van der Waals surface area contributed by atoms with Gasteiger partial charge in [0.2, 0.25) is 11.8 Å². The summed E-state index contributed by atoms with van der Waals surface area (Å²) in [5, 5.41) is 0. The molecule has 1 aliphatic carbocycles. The van der Waals surface area contributed by atoms with Crippen molar-refractivity contribution in [3.63, 3.8) is 0 Å². The lowest BCUT2D eigenvalue weighted by molar-refractivity contribution is -0.158. The highest BCUT2D eigenvalue weighted by Crippen LogP contribution is 2.37. The van der Waals surface area contributed by atoms with Gasteiger partial charge in [-0.2, -0.15) is 0 Å². The monoisotopic (exact) mass is 225 g/mol. The van der Waals surface area contributed by atoms with Gasteiger partial charge in [0.05, 0.1) is 5.54 Å². The third-order valence-corrected chi connectivity index (χ3v) is 3.66. The molecule has 16 heavy (non-hydrogen) atoms. The average molecular weight is 225 g/mol. The Labute approximate surface area is 95.6 Å². The maximum atomic E-state index is 12.2. The number of amides is 2. The summed E-state index contributed by atoms with van der Waals surface area (Å²) in [7, 11) is 1.77. The SMILES string of the molecule is CN1CCN(C(=O)C2(N)CC2)C(C)(C)C1=O. The van der Waals surface area contributed by atoms with Crippen molar-refractivity contribution in [1.82, 2.24) is 9.80 Å². The average Bonchev–Trinajstić information content (AvgIpc) is 2.94. The van der Waals surface area contributed by atoms with Crippen LogP contribution in [0.25, 0.3) is 0 Å². The second-order valence-corrected chi connectivity index (χ2v) is 5.40. The van der Waals surface area contributed by atoms with Crippen molar-refractivity contribution in [2.45, 2.75) is 37.8 Å². The molecule has 5 heteroatoms. The van der Waals surface area contributed by atoms with Crippen LogP contribution in [0.3, 0.4) is 0 Å². The summed E-state index contributed by atoms with van der Waals surface area (Å²) < 4.78 is 0. The first kappa shape index (κ1) is 11.4. The summed E-state index contributed by atoms with van der Waals surface area (Å²) in [5.41, 5.74) is 4.45. The van der Waals surface area contributed by atoms with Crippen LogP contribution < -0.4 is 5.73 Å². The van der Waals surface area contributed by atoms with Crippen molar-refractivity contribution in [3.05, 3.63) is 0 Å². The third-order valence-electron chi connectivity index (χ3n) is 3.66. The van der Waals surface area contributed by atoms with Crippen molar-refractivity contribution in [1.29, 1.82) is 0 Å². The molecule has 2 aliphatic rings. The Morgan fingerprint density at radius 1 is 1.31 bits per heavy atom. The van der Waals surface area contributed by atoms with Gasteiger partial charge in [-0.15, -0.1) is 0 Å². The Bertz CT molecular complexity index is 347. The van der Waals surface area contributed by atoms with Gasteiger partial charge in [0.15, 0.2) is 0 Å². The summed E-state index contributed by atoms with van der Waals surface area (Å²) in [5.74, 6) is -0.0877. The molecule has 1 aliphatic heterocycles. The van der Waals surface area contributed by atoms with E-state index in [2.05, 4.69) is 0 Å². The fourth-order valence-electron chi connectivity index (χ4n) is 2.19. The van der Waals surface area contributed by atoms with Crippen LogP contribution in [0.4, 0.5) is 0 Å². The number of nitrogens with zero attached hydrogens (tertiary/aromatic N) is 2. The second-order valence-electron chi connectivity index (χ2n) is 5.40. The minimum atomic E-state index is -0.765. The van der Waals surface area contributed by atoms with E-state index < -0.39 is 11.1 Å². The topological polar surface area (TPSA) is 66.6 Å².